The summed E-state index contributed by atoms with van der Waals surface area (Å²) in [6.07, 6.45) is 4.54. The summed E-state index contributed by atoms with van der Waals surface area (Å²) in [7, 11) is 0. The monoisotopic (exact) mass is 247 g/mol. The van der Waals surface area contributed by atoms with Gasteiger partial charge in [0.15, 0.2) is 0 Å². The first-order valence-electron chi connectivity index (χ1n) is 7.14. The van der Waals surface area contributed by atoms with E-state index in [-0.39, 0.29) is 0 Å². The van der Waals surface area contributed by atoms with Crippen LogP contribution in [0.1, 0.15) is 39.2 Å². The lowest BCUT2D eigenvalue weighted by Crippen LogP contribution is -2.33. The van der Waals surface area contributed by atoms with Gasteiger partial charge in [0.25, 0.3) is 0 Å². The average molecular weight is 247 g/mol. The van der Waals surface area contributed by atoms with Gasteiger partial charge in [-0.1, -0.05) is 19.9 Å². The molecule has 0 spiro atoms. The lowest BCUT2D eigenvalue weighted by Gasteiger charge is -2.28. The fraction of sp³-hybridized carbons (Fsp3) is 0.667. The van der Waals surface area contributed by atoms with Crippen molar-refractivity contribution in [3.63, 3.8) is 0 Å². The van der Waals surface area contributed by atoms with Gasteiger partial charge in [0.05, 0.1) is 0 Å². The maximum Gasteiger partial charge on any atom is 0.130 e. The molecule has 100 valence electrons. The van der Waals surface area contributed by atoms with Gasteiger partial charge in [-0.15, -0.1) is 0 Å². The number of aromatic nitrogens is 1. The number of rotatable bonds is 5. The zero-order chi connectivity index (χ0) is 13.0. The molecule has 0 aromatic carbocycles. The molecule has 1 aliphatic rings. The summed E-state index contributed by atoms with van der Waals surface area (Å²) >= 11 is 0. The Morgan fingerprint density at radius 2 is 2.33 bits per heavy atom. The molecule has 1 saturated heterocycles. The van der Waals surface area contributed by atoms with E-state index in [4.69, 9.17) is 0 Å². The van der Waals surface area contributed by atoms with Crippen molar-refractivity contribution >= 4 is 5.82 Å². The number of nitrogens with one attached hydrogen (secondary N) is 1. The van der Waals surface area contributed by atoms with E-state index in [0.29, 0.717) is 0 Å². The van der Waals surface area contributed by atoms with Crippen LogP contribution in [0, 0.1) is 5.92 Å². The number of anilines is 1. The van der Waals surface area contributed by atoms with Crippen molar-refractivity contribution in [3.05, 3.63) is 23.9 Å². The van der Waals surface area contributed by atoms with Crippen LogP contribution in [0.4, 0.5) is 5.82 Å². The van der Waals surface area contributed by atoms with E-state index in [0.717, 1.165) is 30.9 Å². The molecule has 1 unspecified atom stereocenters. The van der Waals surface area contributed by atoms with E-state index in [9.17, 15) is 0 Å². The summed E-state index contributed by atoms with van der Waals surface area (Å²) < 4.78 is 0. The molecule has 1 atom stereocenters. The van der Waals surface area contributed by atoms with Gasteiger partial charge in [0.2, 0.25) is 0 Å². The third-order valence-electron chi connectivity index (χ3n) is 3.79. The largest absolute Gasteiger partial charge is 0.370 e. The van der Waals surface area contributed by atoms with Crippen LogP contribution >= 0.6 is 0 Å². The Hall–Kier alpha value is -1.09. The highest BCUT2D eigenvalue weighted by atomic mass is 15.2. The van der Waals surface area contributed by atoms with Crippen molar-refractivity contribution in [1.82, 2.24) is 9.88 Å². The summed E-state index contributed by atoms with van der Waals surface area (Å²) in [5.41, 5.74) is 1.33. The molecule has 0 aliphatic carbocycles. The van der Waals surface area contributed by atoms with E-state index in [1.165, 1.54) is 24.9 Å². The quantitative estimate of drug-likeness (QED) is 0.866. The highest BCUT2D eigenvalue weighted by molar-refractivity contribution is 5.43. The summed E-state index contributed by atoms with van der Waals surface area (Å²) in [5.74, 6) is 1.79. The van der Waals surface area contributed by atoms with E-state index in [2.05, 4.69) is 42.0 Å². The Balaban J connectivity index is 2.08. The molecule has 2 heterocycles. The summed E-state index contributed by atoms with van der Waals surface area (Å²) in [4.78, 5) is 7.06. The summed E-state index contributed by atoms with van der Waals surface area (Å²) in [6, 6.07) is 4.97. The van der Waals surface area contributed by atoms with Gasteiger partial charge in [-0.05, 0) is 38.3 Å². The molecule has 0 bridgehead atoms. The van der Waals surface area contributed by atoms with Gasteiger partial charge >= 0.3 is 0 Å². The summed E-state index contributed by atoms with van der Waals surface area (Å²) in [5, 5.41) is 3.36. The number of likely N-dealkylation sites (tertiary alicyclic amines) is 1. The smallest absolute Gasteiger partial charge is 0.130 e. The first kappa shape index (κ1) is 13.3. The molecular formula is C15H25N3. The first-order chi connectivity index (χ1) is 8.72. The minimum Gasteiger partial charge on any atom is -0.370 e. The van der Waals surface area contributed by atoms with Crippen molar-refractivity contribution in [2.24, 2.45) is 5.92 Å². The molecule has 1 fully saturated rings. The van der Waals surface area contributed by atoms with Crippen LogP contribution in [0.3, 0.4) is 0 Å². The molecule has 1 N–H and O–H groups in total. The van der Waals surface area contributed by atoms with Crippen LogP contribution in [0.15, 0.2) is 18.3 Å². The Bertz CT molecular complexity index is 376. The molecule has 0 amide bonds. The van der Waals surface area contributed by atoms with Crippen molar-refractivity contribution in [1.29, 1.82) is 0 Å². The fourth-order valence-corrected chi connectivity index (χ4v) is 2.91. The molecule has 3 heteroatoms. The predicted molar refractivity (Wildman–Crippen MR) is 76.7 cm³/mol. The van der Waals surface area contributed by atoms with Gasteiger partial charge < -0.3 is 5.32 Å². The molecule has 2 rings (SSSR count). The van der Waals surface area contributed by atoms with Crippen LogP contribution in [0.2, 0.25) is 0 Å². The van der Waals surface area contributed by atoms with E-state index >= 15 is 0 Å². The maximum atomic E-state index is 4.44. The highest BCUT2D eigenvalue weighted by Gasteiger charge is 2.27. The zero-order valence-corrected chi connectivity index (χ0v) is 11.8. The second-order valence-corrected chi connectivity index (χ2v) is 5.47. The van der Waals surface area contributed by atoms with Crippen LogP contribution in [-0.2, 0) is 6.54 Å². The fourth-order valence-electron chi connectivity index (χ4n) is 2.91. The van der Waals surface area contributed by atoms with Crippen LogP contribution < -0.4 is 5.32 Å². The Labute approximate surface area is 111 Å². The van der Waals surface area contributed by atoms with Crippen LogP contribution in [0.5, 0.6) is 0 Å². The van der Waals surface area contributed by atoms with Gasteiger partial charge in [-0.3, -0.25) is 4.90 Å². The van der Waals surface area contributed by atoms with Crippen molar-refractivity contribution in [2.75, 3.05) is 18.4 Å². The second kappa shape index (κ2) is 6.19. The highest BCUT2D eigenvalue weighted by Crippen LogP contribution is 2.26. The van der Waals surface area contributed by atoms with Crippen molar-refractivity contribution in [3.8, 4) is 0 Å². The minimum atomic E-state index is 0.736. The molecule has 3 nitrogen and oxygen atoms in total. The van der Waals surface area contributed by atoms with Gasteiger partial charge in [0.1, 0.15) is 5.82 Å². The lowest BCUT2D eigenvalue weighted by atomic mass is 10.0. The van der Waals surface area contributed by atoms with E-state index in [1.54, 1.807) is 0 Å². The second-order valence-electron chi connectivity index (χ2n) is 5.47. The topological polar surface area (TPSA) is 28.2 Å². The molecule has 0 radical (unpaired) electrons. The molecule has 1 aliphatic heterocycles. The van der Waals surface area contributed by atoms with Crippen LogP contribution in [0.25, 0.3) is 0 Å². The minimum absolute atomic E-state index is 0.736. The predicted octanol–water partition coefficient (Wildman–Crippen LogP) is 3.13. The van der Waals surface area contributed by atoms with Gasteiger partial charge in [-0.25, -0.2) is 4.98 Å². The zero-order valence-electron chi connectivity index (χ0n) is 11.8. The number of hydrogen-bond acceptors (Lipinski definition) is 3. The average Bonchev–Trinajstić information content (AvgIpc) is 2.80. The van der Waals surface area contributed by atoms with Crippen LogP contribution in [-0.4, -0.2) is 29.0 Å². The summed E-state index contributed by atoms with van der Waals surface area (Å²) in [6.45, 7) is 9.96. The van der Waals surface area contributed by atoms with Gasteiger partial charge in [0, 0.05) is 30.9 Å². The van der Waals surface area contributed by atoms with Gasteiger partial charge in [-0.2, -0.15) is 0 Å². The van der Waals surface area contributed by atoms with E-state index < -0.39 is 0 Å². The Morgan fingerprint density at radius 1 is 1.50 bits per heavy atom. The normalized spacial score (nSPS) is 20.6. The first-order valence-corrected chi connectivity index (χ1v) is 7.14. The number of hydrogen-bond donors (Lipinski definition) is 1. The van der Waals surface area contributed by atoms with Crippen molar-refractivity contribution in [2.45, 2.75) is 46.2 Å². The third-order valence-corrected chi connectivity index (χ3v) is 3.79. The molecule has 18 heavy (non-hydrogen) atoms. The van der Waals surface area contributed by atoms with Crippen molar-refractivity contribution < 1.29 is 0 Å². The number of pyridine rings is 1. The SMILES string of the molecule is CCNc1ncccc1CN1CCCC1C(C)C. The molecule has 0 saturated carbocycles. The number of nitrogens with zero attached hydrogens (tertiary/aromatic N) is 2. The maximum absolute atomic E-state index is 4.44. The Kier molecular flexibility index (Phi) is 4.59. The lowest BCUT2D eigenvalue weighted by molar-refractivity contribution is 0.199. The molecule has 1 aromatic heterocycles. The van der Waals surface area contributed by atoms with E-state index in [1.807, 2.05) is 12.3 Å². The Morgan fingerprint density at radius 3 is 3.06 bits per heavy atom. The third kappa shape index (κ3) is 3.02. The molecular weight excluding hydrogens is 222 g/mol. The molecule has 1 aromatic rings. The standard InChI is InChI=1S/C15H25N3/c1-4-16-15-13(7-5-9-17-15)11-18-10-6-8-14(18)12(2)3/h5,7,9,12,14H,4,6,8,10-11H2,1-3H3,(H,16,17).